The molecule has 4 nitrogen and oxygen atoms in total. The van der Waals surface area contributed by atoms with Crippen molar-refractivity contribution in [1.29, 1.82) is 0 Å². The summed E-state index contributed by atoms with van der Waals surface area (Å²) in [4.78, 5) is 12.1. The molecule has 0 spiro atoms. The molecule has 2 aromatic carbocycles. The first kappa shape index (κ1) is 17.1. The second-order valence-corrected chi connectivity index (χ2v) is 5.72. The van der Waals surface area contributed by atoms with Crippen LogP contribution in [0.1, 0.15) is 5.56 Å². The summed E-state index contributed by atoms with van der Waals surface area (Å²) in [6, 6.07) is 12.9. The van der Waals surface area contributed by atoms with Gasteiger partial charge in [-0.15, -0.1) is 0 Å². The summed E-state index contributed by atoms with van der Waals surface area (Å²) in [5.74, 6) is 0.964. The summed E-state index contributed by atoms with van der Waals surface area (Å²) in [5, 5.41) is 2.78. The van der Waals surface area contributed by atoms with Crippen LogP contribution in [-0.2, 0) is 4.79 Å². The fourth-order valence-corrected chi connectivity index (χ4v) is 2.50. The number of para-hydroxylation sites is 2. The lowest BCUT2D eigenvalue weighted by molar-refractivity contribution is -0.118. The second-order valence-electron chi connectivity index (χ2n) is 4.87. The first-order chi connectivity index (χ1) is 11.1. The molecule has 1 N–H and O–H groups in total. The Hall–Kier alpha value is -2.27. The number of amides is 1. The maximum absolute atomic E-state index is 12.1. The van der Waals surface area contributed by atoms with Crippen molar-refractivity contribution < 1.29 is 14.3 Å². The van der Waals surface area contributed by atoms with Crippen molar-refractivity contribution in [3.8, 4) is 11.5 Å². The third-order valence-corrected chi connectivity index (χ3v) is 3.58. The Balaban J connectivity index is 1.96. The predicted octanol–water partition coefficient (Wildman–Crippen LogP) is 4.34. The SMILES string of the molecule is C=CCOc1ccccc1NC(=O)COc1ccc(C)cc1Br. The van der Waals surface area contributed by atoms with E-state index in [1.807, 2.05) is 37.3 Å². The molecule has 120 valence electrons. The monoisotopic (exact) mass is 375 g/mol. The zero-order valence-corrected chi connectivity index (χ0v) is 14.4. The van der Waals surface area contributed by atoms with Crippen LogP contribution in [0.4, 0.5) is 5.69 Å². The molecular weight excluding hydrogens is 358 g/mol. The first-order valence-electron chi connectivity index (χ1n) is 7.11. The minimum Gasteiger partial charge on any atom is -0.487 e. The number of nitrogens with one attached hydrogen (secondary N) is 1. The second kappa shape index (κ2) is 8.39. The molecule has 0 radical (unpaired) electrons. The highest BCUT2D eigenvalue weighted by Gasteiger charge is 2.09. The summed E-state index contributed by atoms with van der Waals surface area (Å²) in [6.45, 7) is 5.88. The van der Waals surface area contributed by atoms with Gasteiger partial charge in [0.25, 0.3) is 5.91 Å². The third kappa shape index (κ3) is 5.14. The number of anilines is 1. The first-order valence-corrected chi connectivity index (χ1v) is 7.91. The van der Waals surface area contributed by atoms with Gasteiger partial charge in [-0.2, -0.15) is 0 Å². The number of halogens is 1. The lowest BCUT2D eigenvalue weighted by Crippen LogP contribution is -2.20. The van der Waals surface area contributed by atoms with E-state index in [-0.39, 0.29) is 12.5 Å². The van der Waals surface area contributed by atoms with Crippen molar-refractivity contribution in [2.45, 2.75) is 6.92 Å². The molecule has 2 aromatic rings. The maximum atomic E-state index is 12.1. The van der Waals surface area contributed by atoms with Crippen molar-refractivity contribution in [3.05, 3.63) is 65.2 Å². The fourth-order valence-electron chi connectivity index (χ4n) is 1.90. The highest BCUT2D eigenvalue weighted by Crippen LogP contribution is 2.26. The van der Waals surface area contributed by atoms with Gasteiger partial charge in [-0.05, 0) is 52.7 Å². The number of benzene rings is 2. The van der Waals surface area contributed by atoms with E-state index in [9.17, 15) is 4.79 Å². The molecule has 0 saturated carbocycles. The van der Waals surface area contributed by atoms with Crippen LogP contribution >= 0.6 is 15.9 Å². The van der Waals surface area contributed by atoms with Crippen molar-refractivity contribution >= 4 is 27.5 Å². The van der Waals surface area contributed by atoms with E-state index < -0.39 is 0 Å². The molecule has 23 heavy (non-hydrogen) atoms. The highest BCUT2D eigenvalue weighted by atomic mass is 79.9. The van der Waals surface area contributed by atoms with Crippen LogP contribution in [0.5, 0.6) is 11.5 Å². The molecule has 0 saturated heterocycles. The summed E-state index contributed by atoms with van der Waals surface area (Å²) in [7, 11) is 0. The van der Waals surface area contributed by atoms with Gasteiger partial charge in [-0.25, -0.2) is 0 Å². The Bertz CT molecular complexity index is 700. The molecule has 0 aliphatic carbocycles. The average Bonchev–Trinajstić information content (AvgIpc) is 2.53. The van der Waals surface area contributed by atoms with E-state index in [4.69, 9.17) is 9.47 Å². The molecule has 0 fully saturated rings. The van der Waals surface area contributed by atoms with Crippen LogP contribution in [-0.4, -0.2) is 19.1 Å². The van der Waals surface area contributed by atoms with Crippen LogP contribution in [0.2, 0.25) is 0 Å². The number of carbonyl (C=O) groups excluding carboxylic acids is 1. The lowest BCUT2D eigenvalue weighted by Gasteiger charge is -2.12. The standard InChI is InChI=1S/C18H18BrNO3/c1-3-10-22-17-7-5-4-6-15(17)20-18(21)12-23-16-9-8-13(2)11-14(16)19/h3-9,11H,1,10,12H2,2H3,(H,20,21). The van der Waals surface area contributed by atoms with Gasteiger partial charge in [-0.1, -0.05) is 30.9 Å². The van der Waals surface area contributed by atoms with Gasteiger partial charge in [0.1, 0.15) is 18.1 Å². The number of ether oxygens (including phenoxy) is 2. The van der Waals surface area contributed by atoms with E-state index in [1.54, 1.807) is 18.2 Å². The smallest absolute Gasteiger partial charge is 0.262 e. The van der Waals surface area contributed by atoms with Crippen molar-refractivity contribution in [1.82, 2.24) is 0 Å². The molecule has 0 atom stereocenters. The number of aryl methyl sites for hydroxylation is 1. The van der Waals surface area contributed by atoms with Gasteiger partial charge >= 0.3 is 0 Å². The lowest BCUT2D eigenvalue weighted by atomic mass is 10.2. The van der Waals surface area contributed by atoms with Crippen LogP contribution in [0, 0.1) is 6.92 Å². The Labute approximate surface area is 144 Å². The van der Waals surface area contributed by atoms with Gasteiger partial charge in [0.15, 0.2) is 6.61 Å². The van der Waals surface area contributed by atoms with Gasteiger partial charge < -0.3 is 14.8 Å². The maximum Gasteiger partial charge on any atom is 0.262 e. The van der Waals surface area contributed by atoms with Crippen LogP contribution in [0.25, 0.3) is 0 Å². The largest absolute Gasteiger partial charge is 0.487 e. The van der Waals surface area contributed by atoms with Gasteiger partial charge in [0.2, 0.25) is 0 Å². The molecule has 0 unspecified atom stereocenters. The molecule has 0 aromatic heterocycles. The fraction of sp³-hybridized carbons (Fsp3) is 0.167. The van der Waals surface area contributed by atoms with Crippen LogP contribution in [0.15, 0.2) is 59.6 Å². The molecule has 0 aliphatic heterocycles. The normalized spacial score (nSPS) is 10.0. The summed E-state index contributed by atoms with van der Waals surface area (Å²) in [5.41, 5.74) is 1.72. The molecule has 1 amide bonds. The Morgan fingerprint density at radius 2 is 2.00 bits per heavy atom. The summed E-state index contributed by atoms with van der Waals surface area (Å²) >= 11 is 3.42. The molecule has 2 rings (SSSR count). The molecular formula is C18H18BrNO3. The third-order valence-electron chi connectivity index (χ3n) is 2.96. The van der Waals surface area contributed by atoms with E-state index in [0.29, 0.717) is 23.8 Å². The van der Waals surface area contributed by atoms with Crippen molar-refractivity contribution in [2.24, 2.45) is 0 Å². The Morgan fingerprint density at radius 1 is 1.22 bits per heavy atom. The van der Waals surface area contributed by atoms with Gasteiger partial charge in [-0.3, -0.25) is 4.79 Å². The van der Waals surface area contributed by atoms with E-state index in [1.165, 1.54) is 0 Å². The zero-order chi connectivity index (χ0) is 16.7. The quantitative estimate of drug-likeness (QED) is 0.732. The van der Waals surface area contributed by atoms with E-state index in [2.05, 4.69) is 27.8 Å². The topological polar surface area (TPSA) is 47.6 Å². The number of hydrogen-bond donors (Lipinski definition) is 1. The minimum absolute atomic E-state index is 0.0859. The van der Waals surface area contributed by atoms with Crippen molar-refractivity contribution in [3.63, 3.8) is 0 Å². The average molecular weight is 376 g/mol. The Morgan fingerprint density at radius 3 is 2.74 bits per heavy atom. The van der Waals surface area contributed by atoms with Gasteiger partial charge in [0.05, 0.1) is 10.2 Å². The minimum atomic E-state index is -0.257. The van der Waals surface area contributed by atoms with Crippen LogP contribution < -0.4 is 14.8 Å². The molecule has 0 aliphatic rings. The number of carbonyl (C=O) groups is 1. The summed E-state index contributed by atoms with van der Waals surface area (Å²) < 4.78 is 11.9. The van der Waals surface area contributed by atoms with E-state index in [0.717, 1.165) is 10.0 Å². The molecule has 0 bridgehead atoms. The molecule has 5 heteroatoms. The summed E-state index contributed by atoms with van der Waals surface area (Å²) in [6.07, 6.45) is 1.65. The van der Waals surface area contributed by atoms with Crippen molar-refractivity contribution in [2.75, 3.05) is 18.5 Å². The highest BCUT2D eigenvalue weighted by molar-refractivity contribution is 9.10. The van der Waals surface area contributed by atoms with Gasteiger partial charge in [0, 0.05) is 0 Å². The molecule has 0 heterocycles. The predicted molar refractivity (Wildman–Crippen MR) is 95.1 cm³/mol. The number of hydrogen-bond acceptors (Lipinski definition) is 3. The number of rotatable bonds is 7. The van der Waals surface area contributed by atoms with E-state index >= 15 is 0 Å². The zero-order valence-electron chi connectivity index (χ0n) is 12.8. The Kier molecular flexibility index (Phi) is 6.23. The van der Waals surface area contributed by atoms with Crippen LogP contribution in [0.3, 0.4) is 0 Å².